The van der Waals surface area contributed by atoms with Crippen molar-refractivity contribution in [3.05, 3.63) is 24.3 Å². The number of carboxylic acid groups (broad SMARTS) is 1. The summed E-state index contributed by atoms with van der Waals surface area (Å²) in [6, 6.07) is 6.89. The van der Waals surface area contributed by atoms with Crippen LogP contribution in [-0.2, 0) is 4.79 Å². The van der Waals surface area contributed by atoms with Crippen molar-refractivity contribution < 1.29 is 19.4 Å². The van der Waals surface area contributed by atoms with Crippen LogP contribution in [0.4, 0.5) is 0 Å². The molecule has 0 atom stereocenters. The van der Waals surface area contributed by atoms with Gasteiger partial charge in [0.05, 0.1) is 12.6 Å². The molecule has 14 heavy (non-hydrogen) atoms. The number of aliphatic carboxylic acids is 1. The summed E-state index contributed by atoms with van der Waals surface area (Å²) in [5.41, 5.74) is 0. The summed E-state index contributed by atoms with van der Waals surface area (Å²) in [7, 11) is 0. The highest BCUT2D eigenvalue weighted by molar-refractivity contribution is 5.66. The molecule has 0 aliphatic rings. The predicted octanol–water partition coefficient (Wildman–Crippen LogP) is 0.214. The van der Waals surface area contributed by atoms with Crippen LogP contribution in [0.5, 0.6) is 11.5 Å². The SMILES string of the molecule is CCOc1ccccc1OCC(=O)[O-]. The molecule has 76 valence electrons. The lowest BCUT2D eigenvalue weighted by Crippen LogP contribution is -2.29. The fourth-order valence-corrected chi connectivity index (χ4v) is 0.981. The summed E-state index contributed by atoms with van der Waals surface area (Å²) >= 11 is 0. The van der Waals surface area contributed by atoms with Crippen LogP contribution < -0.4 is 14.6 Å². The summed E-state index contributed by atoms with van der Waals surface area (Å²) < 4.78 is 10.2. The highest BCUT2D eigenvalue weighted by Crippen LogP contribution is 2.25. The van der Waals surface area contributed by atoms with Crippen LogP contribution in [0.3, 0.4) is 0 Å². The molecule has 0 fully saturated rings. The van der Waals surface area contributed by atoms with Crippen molar-refractivity contribution in [3.8, 4) is 11.5 Å². The normalized spacial score (nSPS) is 9.50. The molecule has 0 unspecified atom stereocenters. The largest absolute Gasteiger partial charge is 0.546 e. The van der Waals surface area contributed by atoms with E-state index in [1.165, 1.54) is 0 Å². The Morgan fingerprint density at radius 2 is 1.86 bits per heavy atom. The Bertz CT molecular complexity index is 309. The first-order valence-electron chi connectivity index (χ1n) is 4.28. The number of para-hydroxylation sites is 2. The molecule has 0 N–H and O–H groups in total. The second kappa shape index (κ2) is 5.11. The van der Waals surface area contributed by atoms with E-state index in [0.717, 1.165) is 0 Å². The van der Waals surface area contributed by atoms with E-state index in [0.29, 0.717) is 18.1 Å². The average Bonchev–Trinajstić information content (AvgIpc) is 2.17. The lowest BCUT2D eigenvalue weighted by Gasteiger charge is -2.11. The lowest BCUT2D eigenvalue weighted by atomic mass is 10.3. The van der Waals surface area contributed by atoms with Gasteiger partial charge in [0.2, 0.25) is 0 Å². The van der Waals surface area contributed by atoms with Gasteiger partial charge in [-0.25, -0.2) is 0 Å². The number of benzene rings is 1. The molecule has 0 heterocycles. The number of carbonyl (C=O) groups excluding carboxylic acids is 1. The van der Waals surface area contributed by atoms with Gasteiger partial charge in [0.1, 0.15) is 6.61 Å². The summed E-state index contributed by atoms with van der Waals surface area (Å²) in [5.74, 6) is -0.300. The zero-order valence-corrected chi connectivity index (χ0v) is 7.86. The van der Waals surface area contributed by atoms with E-state index in [9.17, 15) is 9.90 Å². The minimum Gasteiger partial charge on any atom is -0.546 e. The van der Waals surface area contributed by atoms with E-state index >= 15 is 0 Å². The van der Waals surface area contributed by atoms with Crippen molar-refractivity contribution >= 4 is 5.97 Å². The van der Waals surface area contributed by atoms with Crippen LogP contribution in [0.15, 0.2) is 24.3 Å². The van der Waals surface area contributed by atoms with E-state index < -0.39 is 12.6 Å². The first-order chi connectivity index (χ1) is 6.74. The number of hydrogen-bond acceptors (Lipinski definition) is 4. The van der Waals surface area contributed by atoms with Crippen LogP contribution in [0.1, 0.15) is 6.92 Å². The molecule has 1 rings (SSSR count). The number of ether oxygens (including phenoxy) is 2. The molecule has 0 aromatic heterocycles. The van der Waals surface area contributed by atoms with Crippen molar-refractivity contribution in [3.63, 3.8) is 0 Å². The highest BCUT2D eigenvalue weighted by Gasteiger charge is 2.02. The van der Waals surface area contributed by atoms with Gasteiger partial charge in [0, 0.05) is 0 Å². The maximum absolute atomic E-state index is 10.2. The van der Waals surface area contributed by atoms with Crippen molar-refractivity contribution in [1.29, 1.82) is 0 Å². The third kappa shape index (κ3) is 2.97. The zero-order valence-electron chi connectivity index (χ0n) is 7.86. The molecular weight excluding hydrogens is 184 g/mol. The van der Waals surface area contributed by atoms with E-state index in [4.69, 9.17) is 9.47 Å². The third-order valence-electron chi connectivity index (χ3n) is 1.49. The summed E-state index contributed by atoms with van der Waals surface area (Å²) in [6.07, 6.45) is 0. The molecule has 4 nitrogen and oxygen atoms in total. The molecule has 0 saturated carbocycles. The Morgan fingerprint density at radius 3 is 2.36 bits per heavy atom. The standard InChI is InChI=1S/C10H12O4/c1-2-13-8-5-3-4-6-9(8)14-7-10(11)12/h3-6H,2,7H2,1H3,(H,11,12)/p-1. The smallest absolute Gasteiger partial charge is 0.161 e. The third-order valence-corrected chi connectivity index (χ3v) is 1.49. The first kappa shape index (κ1) is 10.4. The van der Waals surface area contributed by atoms with Gasteiger partial charge in [-0.15, -0.1) is 0 Å². The molecule has 0 radical (unpaired) electrons. The Labute approximate surface area is 82.1 Å². The van der Waals surface area contributed by atoms with Crippen LogP contribution in [-0.4, -0.2) is 19.2 Å². The number of rotatable bonds is 5. The van der Waals surface area contributed by atoms with Crippen LogP contribution in [0, 0.1) is 0 Å². The molecule has 1 aromatic carbocycles. The predicted molar refractivity (Wildman–Crippen MR) is 48.1 cm³/mol. The minimum absolute atomic E-state index is 0.415. The van der Waals surface area contributed by atoms with Crippen LogP contribution >= 0.6 is 0 Å². The molecule has 0 aliphatic heterocycles. The van der Waals surface area contributed by atoms with Gasteiger partial charge in [-0.1, -0.05) is 12.1 Å². The maximum atomic E-state index is 10.2. The number of carboxylic acids is 1. The highest BCUT2D eigenvalue weighted by atomic mass is 16.5. The van der Waals surface area contributed by atoms with Crippen molar-refractivity contribution in [2.45, 2.75) is 6.92 Å². The Hall–Kier alpha value is -1.71. The molecule has 1 aromatic rings. The number of hydrogen-bond donors (Lipinski definition) is 0. The minimum atomic E-state index is -1.25. The number of carbonyl (C=O) groups is 1. The molecule has 0 bridgehead atoms. The van der Waals surface area contributed by atoms with Crippen molar-refractivity contribution in [2.75, 3.05) is 13.2 Å². The summed E-state index contributed by atoms with van der Waals surface area (Å²) in [5, 5.41) is 10.2. The van der Waals surface area contributed by atoms with Crippen LogP contribution in [0.25, 0.3) is 0 Å². The van der Waals surface area contributed by atoms with Crippen molar-refractivity contribution in [2.24, 2.45) is 0 Å². The van der Waals surface area contributed by atoms with Gasteiger partial charge >= 0.3 is 0 Å². The molecule has 4 heteroatoms. The average molecular weight is 195 g/mol. The fourth-order valence-electron chi connectivity index (χ4n) is 0.981. The molecule has 0 saturated heterocycles. The second-order valence-electron chi connectivity index (χ2n) is 2.54. The zero-order chi connectivity index (χ0) is 10.4. The lowest BCUT2D eigenvalue weighted by molar-refractivity contribution is -0.307. The van der Waals surface area contributed by atoms with E-state index in [1.807, 2.05) is 6.92 Å². The maximum Gasteiger partial charge on any atom is 0.161 e. The van der Waals surface area contributed by atoms with Crippen molar-refractivity contribution in [1.82, 2.24) is 0 Å². The van der Waals surface area contributed by atoms with Gasteiger partial charge in [0.25, 0.3) is 0 Å². The van der Waals surface area contributed by atoms with Gasteiger partial charge in [0.15, 0.2) is 11.5 Å². The quantitative estimate of drug-likeness (QED) is 0.674. The van der Waals surface area contributed by atoms with Gasteiger partial charge < -0.3 is 19.4 Å². The molecule has 0 spiro atoms. The Kier molecular flexibility index (Phi) is 3.79. The van der Waals surface area contributed by atoms with E-state index in [2.05, 4.69) is 0 Å². The summed E-state index contributed by atoms with van der Waals surface area (Å²) in [4.78, 5) is 10.2. The Morgan fingerprint density at radius 1 is 1.29 bits per heavy atom. The summed E-state index contributed by atoms with van der Waals surface area (Å²) in [6.45, 7) is 1.88. The van der Waals surface area contributed by atoms with Gasteiger partial charge in [-0.3, -0.25) is 0 Å². The Balaban J connectivity index is 2.68. The fraction of sp³-hybridized carbons (Fsp3) is 0.300. The monoisotopic (exact) mass is 195 g/mol. The van der Waals surface area contributed by atoms with E-state index in [1.54, 1.807) is 24.3 Å². The van der Waals surface area contributed by atoms with Gasteiger partial charge in [-0.05, 0) is 19.1 Å². The molecule has 0 amide bonds. The second-order valence-corrected chi connectivity index (χ2v) is 2.54. The van der Waals surface area contributed by atoms with Gasteiger partial charge in [-0.2, -0.15) is 0 Å². The van der Waals surface area contributed by atoms with Crippen LogP contribution in [0.2, 0.25) is 0 Å². The first-order valence-corrected chi connectivity index (χ1v) is 4.28. The molecular formula is C10H11O4-. The van der Waals surface area contributed by atoms with E-state index in [-0.39, 0.29) is 0 Å². The topological polar surface area (TPSA) is 58.6 Å². The molecule has 0 aliphatic carbocycles.